The number of carbonyl (C=O) groups excluding carboxylic acids is 1. The molecule has 2 fully saturated rings. The summed E-state index contributed by atoms with van der Waals surface area (Å²) >= 11 is 0. The van der Waals surface area contributed by atoms with Crippen molar-refractivity contribution in [2.24, 2.45) is 5.73 Å². The van der Waals surface area contributed by atoms with Crippen LogP contribution in [0.15, 0.2) is 0 Å². The van der Waals surface area contributed by atoms with E-state index >= 15 is 0 Å². The van der Waals surface area contributed by atoms with Gasteiger partial charge in [-0.3, -0.25) is 4.79 Å². The second-order valence-electron chi connectivity index (χ2n) is 5.27. The standard InChI is InChI=1S/C13H24N2O2/c1-3-13(14,4-2)12(16)15-8-9-17-11-7-5-6-10(11)15/h10-11H,3-9,14H2,1-2H3. The molecule has 1 aliphatic carbocycles. The zero-order chi connectivity index (χ0) is 12.5. The third kappa shape index (κ3) is 2.20. The first-order chi connectivity index (χ1) is 8.12. The molecule has 2 atom stereocenters. The summed E-state index contributed by atoms with van der Waals surface area (Å²) in [4.78, 5) is 14.6. The van der Waals surface area contributed by atoms with Crippen molar-refractivity contribution in [3.05, 3.63) is 0 Å². The van der Waals surface area contributed by atoms with Crippen molar-refractivity contribution in [2.75, 3.05) is 13.2 Å². The molecule has 1 amide bonds. The first kappa shape index (κ1) is 12.8. The highest BCUT2D eigenvalue weighted by Gasteiger charge is 2.43. The summed E-state index contributed by atoms with van der Waals surface area (Å²) in [5.41, 5.74) is 5.55. The van der Waals surface area contributed by atoms with Crippen molar-refractivity contribution in [3.63, 3.8) is 0 Å². The molecule has 1 saturated carbocycles. The van der Waals surface area contributed by atoms with Gasteiger partial charge in [0.15, 0.2) is 0 Å². The van der Waals surface area contributed by atoms with Crippen LogP contribution in [0.2, 0.25) is 0 Å². The lowest BCUT2D eigenvalue weighted by Crippen LogP contribution is -2.61. The van der Waals surface area contributed by atoms with Crippen LogP contribution in [0.25, 0.3) is 0 Å². The van der Waals surface area contributed by atoms with Crippen molar-refractivity contribution in [1.29, 1.82) is 0 Å². The van der Waals surface area contributed by atoms with E-state index in [1.54, 1.807) is 0 Å². The molecule has 0 spiro atoms. The van der Waals surface area contributed by atoms with Crippen LogP contribution in [0.3, 0.4) is 0 Å². The van der Waals surface area contributed by atoms with E-state index in [4.69, 9.17) is 10.5 Å². The van der Waals surface area contributed by atoms with Crippen molar-refractivity contribution in [1.82, 2.24) is 4.90 Å². The molecular weight excluding hydrogens is 216 g/mol. The lowest BCUT2D eigenvalue weighted by Gasteiger charge is -2.42. The van der Waals surface area contributed by atoms with Crippen LogP contribution >= 0.6 is 0 Å². The smallest absolute Gasteiger partial charge is 0.243 e. The van der Waals surface area contributed by atoms with E-state index in [9.17, 15) is 4.79 Å². The highest BCUT2D eigenvalue weighted by Crippen LogP contribution is 2.31. The normalized spacial score (nSPS) is 29.2. The number of fused-ring (bicyclic) bond motifs is 1. The Morgan fingerprint density at radius 1 is 1.41 bits per heavy atom. The van der Waals surface area contributed by atoms with Gasteiger partial charge in [0.25, 0.3) is 0 Å². The maximum Gasteiger partial charge on any atom is 0.243 e. The Hall–Kier alpha value is -0.610. The number of carbonyl (C=O) groups is 1. The molecule has 2 rings (SSSR count). The molecule has 0 bridgehead atoms. The third-order valence-corrected chi connectivity index (χ3v) is 4.43. The fourth-order valence-electron chi connectivity index (χ4n) is 3.02. The Morgan fingerprint density at radius 2 is 2.12 bits per heavy atom. The fraction of sp³-hybridized carbons (Fsp3) is 0.923. The number of hydrogen-bond acceptors (Lipinski definition) is 3. The zero-order valence-corrected chi connectivity index (χ0v) is 10.9. The zero-order valence-electron chi connectivity index (χ0n) is 10.9. The van der Waals surface area contributed by atoms with Gasteiger partial charge in [0.1, 0.15) is 0 Å². The number of morpholine rings is 1. The van der Waals surface area contributed by atoms with Gasteiger partial charge in [0, 0.05) is 6.54 Å². The fourth-order valence-corrected chi connectivity index (χ4v) is 3.02. The molecule has 17 heavy (non-hydrogen) atoms. The topological polar surface area (TPSA) is 55.6 Å². The Balaban J connectivity index is 2.12. The Labute approximate surface area is 103 Å². The lowest BCUT2D eigenvalue weighted by molar-refractivity contribution is -0.150. The van der Waals surface area contributed by atoms with Gasteiger partial charge >= 0.3 is 0 Å². The average molecular weight is 240 g/mol. The van der Waals surface area contributed by atoms with E-state index < -0.39 is 5.54 Å². The predicted molar refractivity (Wildman–Crippen MR) is 66.6 cm³/mol. The summed E-state index contributed by atoms with van der Waals surface area (Å²) < 4.78 is 5.73. The number of amides is 1. The van der Waals surface area contributed by atoms with Gasteiger partial charge in [-0.2, -0.15) is 0 Å². The number of nitrogens with two attached hydrogens (primary N) is 1. The van der Waals surface area contributed by atoms with Gasteiger partial charge < -0.3 is 15.4 Å². The molecule has 0 radical (unpaired) electrons. The molecule has 2 aliphatic rings. The summed E-state index contributed by atoms with van der Waals surface area (Å²) in [5.74, 6) is 0.128. The van der Waals surface area contributed by atoms with Crippen LogP contribution in [-0.2, 0) is 9.53 Å². The first-order valence-corrected chi connectivity index (χ1v) is 6.84. The van der Waals surface area contributed by atoms with Gasteiger partial charge in [-0.05, 0) is 32.1 Å². The summed E-state index contributed by atoms with van der Waals surface area (Å²) in [6.45, 7) is 5.36. The van der Waals surface area contributed by atoms with Crippen molar-refractivity contribution in [3.8, 4) is 0 Å². The maximum absolute atomic E-state index is 12.6. The molecular formula is C13H24N2O2. The molecule has 0 aromatic heterocycles. The monoisotopic (exact) mass is 240 g/mol. The summed E-state index contributed by atoms with van der Waals surface area (Å²) in [6, 6.07) is 0.275. The van der Waals surface area contributed by atoms with Crippen molar-refractivity contribution in [2.45, 2.75) is 63.6 Å². The Kier molecular flexibility index (Phi) is 3.73. The molecule has 98 valence electrons. The Bertz CT molecular complexity index is 289. The molecule has 0 aromatic carbocycles. The minimum absolute atomic E-state index is 0.128. The van der Waals surface area contributed by atoms with E-state index in [2.05, 4.69) is 0 Å². The lowest BCUT2D eigenvalue weighted by atomic mass is 9.91. The third-order valence-electron chi connectivity index (χ3n) is 4.43. The number of rotatable bonds is 3. The number of hydrogen-bond donors (Lipinski definition) is 1. The second kappa shape index (κ2) is 4.94. The van der Waals surface area contributed by atoms with Crippen LogP contribution in [0, 0.1) is 0 Å². The van der Waals surface area contributed by atoms with Crippen LogP contribution in [0.5, 0.6) is 0 Å². The van der Waals surface area contributed by atoms with E-state index in [1.807, 2.05) is 18.7 Å². The molecule has 4 heteroatoms. The molecule has 2 unspecified atom stereocenters. The molecule has 1 saturated heterocycles. The van der Waals surface area contributed by atoms with Gasteiger partial charge in [-0.1, -0.05) is 13.8 Å². The van der Waals surface area contributed by atoms with Gasteiger partial charge in [0.05, 0.1) is 24.3 Å². The highest BCUT2D eigenvalue weighted by molar-refractivity contribution is 5.86. The van der Waals surface area contributed by atoms with Crippen molar-refractivity contribution < 1.29 is 9.53 Å². The SMILES string of the molecule is CCC(N)(CC)C(=O)N1CCOC2CCCC21. The van der Waals surface area contributed by atoms with E-state index in [1.165, 1.54) is 0 Å². The summed E-state index contributed by atoms with van der Waals surface area (Å²) in [7, 11) is 0. The predicted octanol–water partition coefficient (Wildman–Crippen LogP) is 1.28. The molecule has 1 heterocycles. The summed E-state index contributed by atoms with van der Waals surface area (Å²) in [5, 5.41) is 0. The number of nitrogens with zero attached hydrogens (tertiary/aromatic N) is 1. The van der Waals surface area contributed by atoms with Gasteiger partial charge in [-0.25, -0.2) is 0 Å². The van der Waals surface area contributed by atoms with E-state index in [0.717, 1.165) is 19.3 Å². The molecule has 4 nitrogen and oxygen atoms in total. The summed E-state index contributed by atoms with van der Waals surface area (Å²) in [6.07, 6.45) is 4.98. The maximum atomic E-state index is 12.6. The first-order valence-electron chi connectivity index (χ1n) is 6.84. The highest BCUT2D eigenvalue weighted by atomic mass is 16.5. The molecule has 1 aliphatic heterocycles. The quantitative estimate of drug-likeness (QED) is 0.808. The van der Waals surface area contributed by atoms with Crippen LogP contribution < -0.4 is 5.73 Å². The van der Waals surface area contributed by atoms with Gasteiger partial charge in [-0.15, -0.1) is 0 Å². The Morgan fingerprint density at radius 3 is 2.76 bits per heavy atom. The van der Waals surface area contributed by atoms with Crippen molar-refractivity contribution >= 4 is 5.91 Å². The largest absolute Gasteiger partial charge is 0.374 e. The second-order valence-corrected chi connectivity index (χ2v) is 5.27. The number of ether oxygens (including phenoxy) is 1. The van der Waals surface area contributed by atoms with Crippen LogP contribution in [0.4, 0.5) is 0 Å². The molecule has 0 aromatic rings. The van der Waals surface area contributed by atoms with Crippen LogP contribution in [0.1, 0.15) is 46.0 Å². The van der Waals surface area contributed by atoms with Crippen LogP contribution in [-0.4, -0.2) is 41.6 Å². The average Bonchev–Trinajstić information content (AvgIpc) is 2.85. The molecule has 2 N–H and O–H groups in total. The van der Waals surface area contributed by atoms with E-state index in [-0.39, 0.29) is 18.1 Å². The van der Waals surface area contributed by atoms with Gasteiger partial charge in [0.2, 0.25) is 5.91 Å². The van der Waals surface area contributed by atoms with E-state index in [0.29, 0.717) is 26.0 Å². The minimum Gasteiger partial charge on any atom is -0.374 e. The minimum atomic E-state index is -0.676.